The normalized spacial score (nSPS) is 10.6. The summed E-state index contributed by atoms with van der Waals surface area (Å²) in [4.78, 5) is 0. The second kappa shape index (κ2) is 7.06. The lowest BCUT2D eigenvalue weighted by atomic mass is 10.1. The van der Waals surface area contributed by atoms with E-state index < -0.39 is 0 Å². The van der Waals surface area contributed by atoms with Crippen LogP contribution in [0.15, 0.2) is 42.5 Å². The highest BCUT2D eigenvalue weighted by molar-refractivity contribution is 5.29. The van der Waals surface area contributed by atoms with Gasteiger partial charge in [0.25, 0.3) is 0 Å². The Kier molecular flexibility index (Phi) is 5.13. The Morgan fingerprint density at radius 3 is 2.40 bits per heavy atom. The fourth-order valence-electron chi connectivity index (χ4n) is 2.10. The van der Waals surface area contributed by atoms with Crippen LogP contribution < -0.4 is 10.5 Å². The largest absolute Gasteiger partial charge is 0.489 e. The molecule has 0 saturated heterocycles. The highest BCUT2D eigenvalue weighted by atomic mass is 19.1. The Labute approximate surface area is 119 Å². The summed E-state index contributed by atoms with van der Waals surface area (Å²) in [5.41, 5.74) is 7.83. The smallest absolute Gasteiger partial charge is 0.134 e. The zero-order valence-corrected chi connectivity index (χ0v) is 11.7. The van der Waals surface area contributed by atoms with Crippen LogP contribution in [0.5, 0.6) is 5.75 Å². The standard InChI is InChI=1S/C17H20FNO/c1-2-4-13-7-9-16(10-8-13)20-12-15-6-3-5-14(11-19)17(15)18/h3,5-10H,2,4,11-12,19H2,1H3. The minimum absolute atomic E-state index is 0.200. The SMILES string of the molecule is CCCc1ccc(OCc2cccc(CN)c2F)cc1. The van der Waals surface area contributed by atoms with Gasteiger partial charge in [0.2, 0.25) is 0 Å². The van der Waals surface area contributed by atoms with E-state index in [2.05, 4.69) is 6.92 Å². The van der Waals surface area contributed by atoms with Gasteiger partial charge in [-0.3, -0.25) is 0 Å². The summed E-state index contributed by atoms with van der Waals surface area (Å²) in [6.45, 7) is 2.57. The average molecular weight is 273 g/mol. The minimum atomic E-state index is -0.266. The van der Waals surface area contributed by atoms with E-state index in [1.165, 1.54) is 5.56 Å². The highest BCUT2D eigenvalue weighted by Gasteiger charge is 2.07. The maximum absolute atomic E-state index is 14.0. The van der Waals surface area contributed by atoms with E-state index in [-0.39, 0.29) is 19.0 Å². The van der Waals surface area contributed by atoms with Gasteiger partial charge in [-0.15, -0.1) is 0 Å². The zero-order chi connectivity index (χ0) is 14.4. The Hall–Kier alpha value is -1.87. The van der Waals surface area contributed by atoms with Crippen molar-refractivity contribution in [3.05, 3.63) is 65.0 Å². The molecule has 0 bridgehead atoms. The molecule has 20 heavy (non-hydrogen) atoms. The van der Waals surface area contributed by atoms with E-state index in [1.807, 2.05) is 24.3 Å². The van der Waals surface area contributed by atoms with Crippen LogP contribution in [-0.2, 0) is 19.6 Å². The fraction of sp³-hybridized carbons (Fsp3) is 0.294. The molecule has 0 aliphatic heterocycles. The molecule has 2 rings (SSSR count). The third kappa shape index (κ3) is 3.58. The quantitative estimate of drug-likeness (QED) is 0.868. The first-order chi connectivity index (χ1) is 9.74. The molecule has 0 radical (unpaired) electrons. The van der Waals surface area contributed by atoms with Crippen molar-refractivity contribution in [1.29, 1.82) is 0 Å². The zero-order valence-electron chi connectivity index (χ0n) is 11.7. The van der Waals surface area contributed by atoms with Crippen LogP contribution in [0.25, 0.3) is 0 Å². The first kappa shape index (κ1) is 14.5. The summed E-state index contributed by atoms with van der Waals surface area (Å²) in [5.74, 6) is 0.486. The van der Waals surface area contributed by atoms with Crippen LogP contribution >= 0.6 is 0 Å². The molecular weight excluding hydrogens is 253 g/mol. The van der Waals surface area contributed by atoms with Crippen molar-refractivity contribution in [2.75, 3.05) is 0 Å². The maximum atomic E-state index is 14.0. The van der Waals surface area contributed by atoms with Gasteiger partial charge in [0.1, 0.15) is 18.2 Å². The number of hydrogen-bond acceptors (Lipinski definition) is 2. The lowest BCUT2D eigenvalue weighted by Crippen LogP contribution is -2.05. The van der Waals surface area contributed by atoms with E-state index in [0.717, 1.165) is 18.6 Å². The predicted octanol–water partition coefficient (Wildman–Crippen LogP) is 3.82. The summed E-state index contributed by atoms with van der Waals surface area (Å²) in [5, 5.41) is 0. The molecule has 106 valence electrons. The van der Waals surface area contributed by atoms with Gasteiger partial charge in [-0.05, 0) is 24.1 Å². The van der Waals surface area contributed by atoms with Crippen LogP contribution in [0, 0.1) is 5.82 Å². The summed E-state index contributed by atoms with van der Waals surface area (Å²) < 4.78 is 19.6. The monoisotopic (exact) mass is 273 g/mol. The van der Waals surface area contributed by atoms with Crippen LogP contribution in [0.3, 0.4) is 0 Å². The minimum Gasteiger partial charge on any atom is -0.489 e. The molecule has 0 heterocycles. The highest BCUT2D eigenvalue weighted by Crippen LogP contribution is 2.18. The van der Waals surface area contributed by atoms with Crippen molar-refractivity contribution in [3.8, 4) is 5.75 Å². The molecule has 0 saturated carbocycles. The number of aryl methyl sites for hydroxylation is 1. The fourth-order valence-corrected chi connectivity index (χ4v) is 2.10. The van der Waals surface area contributed by atoms with Crippen LogP contribution in [0.2, 0.25) is 0 Å². The van der Waals surface area contributed by atoms with Crippen molar-refractivity contribution < 1.29 is 9.13 Å². The molecule has 2 nitrogen and oxygen atoms in total. The van der Waals surface area contributed by atoms with E-state index >= 15 is 0 Å². The molecule has 2 N–H and O–H groups in total. The van der Waals surface area contributed by atoms with Crippen molar-refractivity contribution in [2.24, 2.45) is 5.73 Å². The Morgan fingerprint density at radius 1 is 1.05 bits per heavy atom. The number of benzene rings is 2. The maximum Gasteiger partial charge on any atom is 0.134 e. The summed E-state index contributed by atoms with van der Waals surface area (Å²) in [7, 11) is 0. The Morgan fingerprint density at radius 2 is 1.75 bits per heavy atom. The third-order valence-electron chi connectivity index (χ3n) is 3.23. The van der Waals surface area contributed by atoms with Gasteiger partial charge in [-0.25, -0.2) is 4.39 Å². The number of rotatable bonds is 6. The molecule has 0 unspecified atom stereocenters. The molecule has 0 amide bonds. The molecule has 0 fully saturated rings. The van der Waals surface area contributed by atoms with E-state index in [4.69, 9.17) is 10.5 Å². The molecule has 0 atom stereocenters. The van der Waals surface area contributed by atoms with Gasteiger partial charge in [0, 0.05) is 17.7 Å². The lowest BCUT2D eigenvalue weighted by Gasteiger charge is -2.09. The van der Waals surface area contributed by atoms with Crippen LogP contribution in [-0.4, -0.2) is 0 Å². The number of halogens is 1. The Bertz CT molecular complexity index is 551. The molecular formula is C17H20FNO. The third-order valence-corrected chi connectivity index (χ3v) is 3.23. The topological polar surface area (TPSA) is 35.2 Å². The van der Waals surface area contributed by atoms with Crippen LogP contribution in [0.1, 0.15) is 30.0 Å². The second-order valence-corrected chi connectivity index (χ2v) is 4.78. The van der Waals surface area contributed by atoms with Crippen molar-refractivity contribution in [2.45, 2.75) is 32.9 Å². The molecule has 2 aromatic carbocycles. The summed E-state index contributed by atoms with van der Waals surface area (Å²) in [6.07, 6.45) is 2.19. The van der Waals surface area contributed by atoms with Gasteiger partial charge < -0.3 is 10.5 Å². The molecule has 0 aliphatic rings. The Balaban J connectivity index is 2.01. The van der Waals surface area contributed by atoms with Gasteiger partial charge in [-0.1, -0.05) is 43.7 Å². The second-order valence-electron chi connectivity index (χ2n) is 4.78. The number of ether oxygens (including phenoxy) is 1. The molecule has 0 aromatic heterocycles. The number of nitrogens with two attached hydrogens (primary N) is 1. The lowest BCUT2D eigenvalue weighted by molar-refractivity contribution is 0.299. The predicted molar refractivity (Wildman–Crippen MR) is 79.1 cm³/mol. The summed E-state index contributed by atoms with van der Waals surface area (Å²) >= 11 is 0. The first-order valence-electron chi connectivity index (χ1n) is 6.92. The van der Waals surface area contributed by atoms with Gasteiger partial charge >= 0.3 is 0 Å². The van der Waals surface area contributed by atoms with Crippen molar-refractivity contribution in [3.63, 3.8) is 0 Å². The molecule has 0 spiro atoms. The number of hydrogen-bond donors (Lipinski definition) is 1. The summed E-state index contributed by atoms with van der Waals surface area (Å²) in [6, 6.07) is 13.2. The van der Waals surface area contributed by atoms with Gasteiger partial charge in [0.05, 0.1) is 0 Å². The first-order valence-corrected chi connectivity index (χ1v) is 6.92. The molecule has 2 aromatic rings. The van der Waals surface area contributed by atoms with Crippen molar-refractivity contribution in [1.82, 2.24) is 0 Å². The van der Waals surface area contributed by atoms with Gasteiger partial charge in [-0.2, -0.15) is 0 Å². The van der Waals surface area contributed by atoms with E-state index in [1.54, 1.807) is 18.2 Å². The van der Waals surface area contributed by atoms with E-state index in [9.17, 15) is 4.39 Å². The molecule has 3 heteroatoms. The molecule has 0 aliphatic carbocycles. The van der Waals surface area contributed by atoms with Crippen LogP contribution in [0.4, 0.5) is 4.39 Å². The van der Waals surface area contributed by atoms with E-state index in [0.29, 0.717) is 11.1 Å². The van der Waals surface area contributed by atoms with Crippen molar-refractivity contribution >= 4 is 0 Å². The van der Waals surface area contributed by atoms with Gasteiger partial charge in [0.15, 0.2) is 0 Å². The average Bonchev–Trinajstić information content (AvgIpc) is 2.48.